The minimum atomic E-state index is 0.0286. The molecular formula is C16H25NO2. The molecule has 3 nitrogen and oxygen atoms in total. The number of hydrogen-bond donors (Lipinski definition) is 2. The summed E-state index contributed by atoms with van der Waals surface area (Å²) in [6, 6.07) is 6.21. The molecule has 1 aromatic rings. The third kappa shape index (κ3) is 5.03. The van der Waals surface area contributed by atoms with E-state index in [1.54, 1.807) is 0 Å². The summed E-state index contributed by atoms with van der Waals surface area (Å²) >= 11 is 0. The smallest absolute Gasteiger partial charge is 0.224 e. The summed E-state index contributed by atoms with van der Waals surface area (Å²) in [6.07, 6.45) is 1.01. The van der Waals surface area contributed by atoms with Gasteiger partial charge in [0.15, 0.2) is 0 Å². The lowest BCUT2D eigenvalue weighted by molar-refractivity contribution is -0.121. The first-order valence-electron chi connectivity index (χ1n) is 6.90. The first kappa shape index (κ1) is 15.7. The molecule has 1 atom stereocenters. The molecule has 0 aliphatic carbocycles. The van der Waals surface area contributed by atoms with Gasteiger partial charge in [-0.3, -0.25) is 4.79 Å². The highest BCUT2D eigenvalue weighted by Gasteiger charge is 2.16. The van der Waals surface area contributed by atoms with Crippen LogP contribution in [0.3, 0.4) is 0 Å². The molecule has 1 aromatic carbocycles. The number of rotatable bonds is 6. The zero-order valence-electron chi connectivity index (χ0n) is 12.4. The summed E-state index contributed by atoms with van der Waals surface area (Å²) in [5, 5.41) is 12.0. The normalized spacial score (nSPS) is 12.5. The maximum atomic E-state index is 12.1. The van der Waals surface area contributed by atoms with Crippen LogP contribution >= 0.6 is 0 Å². The van der Waals surface area contributed by atoms with Gasteiger partial charge >= 0.3 is 0 Å². The zero-order valence-corrected chi connectivity index (χ0v) is 12.4. The van der Waals surface area contributed by atoms with E-state index < -0.39 is 0 Å². The lowest BCUT2D eigenvalue weighted by atomic mass is 9.99. The third-order valence-corrected chi connectivity index (χ3v) is 3.45. The van der Waals surface area contributed by atoms with Crippen molar-refractivity contribution in [3.8, 4) is 0 Å². The van der Waals surface area contributed by atoms with Crippen molar-refractivity contribution in [2.45, 2.75) is 46.6 Å². The largest absolute Gasteiger partial charge is 0.396 e. The number of aryl methyl sites for hydroxylation is 2. The minimum Gasteiger partial charge on any atom is -0.396 e. The summed E-state index contributed by atoms with van der Waals surface area (Å²) in [7, 11) is 0. The Morgan fingerprint density at radius 2 is 2.00 bits per heavy atom. The average Bonchev–Trinajstić information content (AvgIpc) is 2.33. The van der Waals surface area contributed by atoms with Crippen molar-refractivity contribution >= 4 is 5.91 Å². The monoisotopic (exact) mass is 263 g/mol. The Hall–Kier alpha value is -1.35. The van der Waals surface area contributed by atoms with Crippen LogP contribution in [0.15, 0.2) is 18.2 Å². The number of carbonyl (C=O) groups excluding carboxylic acids is 1. The van der Waals surface area contributed by atoms with Gasteiger partial charge in [-0.15, -0.1) is 0 Å². The summed E-state index contributed by atoms with van der Waals surface area (Å²) in [4.78, 5) is 12.1. The number of carbonyl (C=O) groups is 1. The van der Waals surface area contributed by atoms with Crippen molar-refractivity contribution in [2.24, 2.45) is 5.92 Å². The number of aliphatic hydroxyl groups excluding tert-OH is 1. The fourth-order valence-corrected chi connectivity index (χ4v) is 2.13. The highest BCUT2D eigenvalue weighted by atomic mass is 16.3. The second-order valence-corrected chi connectivity index (χ2v) is 5.54. The molecule has 106 valence electrons. The van der Waals surface area contributed by atoms with E-state index in [4.69, 9.17) is 5.11 Å². The van der Waals surface area contributed by atoms with E-state index in [0.29, 0.717) is 18.8 Å². The van der Waals surface area contributed by atoms with Gasteiger partial charge < -0.3 is 10.4 Å². The van der Waals surface area contributed by atoms with Crippen LogP contribution < -0.4 is 5.32 Å². The van der Waals surface area contributed by atoms with Gasteiger partial charge in [-0.05, 0) is 37.3 Å². The predicted molar refractivity (Wildman–Crippen MR) is 78.1 cm³/mol. The highest BCUT2D eigenvalue weighted by molar-refractivity contribution is 5.79. The second-order valence-electron chi connectivity index (χ2n) is 5.54. The number of nitrogens with one attached hydrogen (secondary N) is 1. The van der Waals surface area contributed by atoms with Crippen LogP contribution in [0, 0.1) is 19.8 Å². The van der Waals surface area contributed by atoms with E-state index in [-0.39, 0.29) is 18.6 Å². The van der Waals surface area contributed by atoms with Crippen molar-refractivity contribution in [3.05, 3.63) is 34.9 Å². The summed E-state index contributed by atoms with van der Waals surface area (Å²) < 4.78 is 0. The van der Waals surface area contributed by atoms with Gasteiger partial charge in [0.25, 0.3) is 0 Å². The van der Waals surface area contributed by atoms with Crippen LogP contribution in [0.5, 0.6) is 0 Å². The Morgan fingerprint density at radius 1 is 1.32 bits per heavy atom. The van der Waals surface area contributed by atoms with Gasteiger partial charge in [0.1, 0.15) is 0 Å². The number of hydrogen-bond acceptors (Lipinski definition) is 2. The van der Waals surface area contributed by atoms with E-state index in [2.05, 4.69) is 31.3 Å². The van der Waals surface area contributed by atoms with Crippen LogP contribution in [0.1, 0.15) is 37.0 Å². The molecule has 2 N–H and O–H groups in total. The van der Waals surface area contributed by atoms with Gasteiger partial charge in [-0.25, -0.2) is 0 Å². The van der Waals surface area contributed by atoms with Crippen LogP contribution in [-0.2, 0) is 11.2 Å². The molecule has 0 aliphatic heterocycles. The molecule has 19 heavy (non-hydrogen) atoms. The fraction of sp³-hybridized carbons (Fsp3) is 0.562. The summed E-state index contributed by atoms with van der Waals surface area (Å²) in [6.45, 7) is 8.27. The Morgan fingerprint density at radius 3 is 2.58 bits per heavy atom. The molecule has 0 fully saturated rings. The lowest BCUT2D eigenvalue weighted by Crippen LogP contribution is -2.40. The van der Waals surface area contributed by atoms with Gasteiger partial charge in [0.2, 0.25) is 5.91 Å². The quantitative estimate of drug-likeness (QED) is 0.828. The fourth-order valence-electron chi connectivity index (χ4n) is 2.13. The van der Waals surface area contributed by atoms with Gasteiger partial charge in [-0.2, -0.15) is 0 Å². The topological polar surface area (TPSA) is 49.3 Å². The average molecular weight is 263 g/mol. The number of benzene rings is 1. The molecular weight excluding hydrogens is 238 g/mol. The van der Waals surface area contributed by atoms with Gasteiger partial charge in [-0.1, -0.05) is 37.6 Å². The highest BCUT2D eigenvalue weighted by Crippen LogP contribution is 2.12. The third-order valence-electron chi connectivity index (χ3n) is 3.45. The first-order valence-corrected chi connectivity index (χ1v) is 6.90. The lowest BCUT2D eigenvalue weighted by Gasteiger charge is -2.21. The van der Waals surface area contributed by atoms with E-state index in [0.717, 1.165) is 11.1 Å². The second kappa shape index (κ2) is 7.29. The predicted octanol–water partition coefficient (Wildman–Crippen LogP) is 2.37. The van der Waals surface area contributed by atoms with Crippen molar-refractivity contribution in [3.63, 3.8) is 0 Å². The molecule has 0 heterocycles. The Bertz CT molecular complexity index is 427. The zero-order chi connectivity index (χ0) is 14.4. The standard InChI is InChI=1S/C16H25NO2/c1-11(2)15(7-8-18)17-16(19)10-14-9-12(3)5-6-13(14)4/h5-6,9,11,15,18H,7-8,10H2,1-4H3,(H,17,19). The molecule has 0 spiro atoms. The molecule has 1 amide bonds. The molecule has 0 saturated carbocycles. The minimum absolute atomic E-state index is 0.0286. The van der Waals surface area contributed by atoms with E-state index in [1.165, 1.54) is 5.56 Å². The molecule has 0 saturated heterocycles. The molecule has 3 heteroatoms. The maximum absolute atomic E-state index is 12.1. The van der Waals surface area contributed by atoms with E-state index in [9.17, 15) is 4.79 Å². The maximum Gasteiger partial charge on any atom is 0.224 e. The summed E-state index contributed by atoms with van der Waals surface area (Å²) in [5.74, 6) is 0.357. The number of aliphatic hydroxyl groups is 1. The van der Waals surface area contributed by atoms with E-state index in [1.807, 2.05) is 19.9 Å². The van der Waals surface area contributed by atoms with Crippen molar-refractivity contribution in [2.75, 3.05) is 6.61 Å². The Balaban J connectivity index is 2.66. The van der Waals surface area contributed by atoms with Crippen LogP contribution in [0.25, 0.3) is 0 Å². The Kier molecular flexibility index (Phi) is 6.03. The van der Waals surface area contributed by atoms with Crippen molar-refractivity contribution < 1.29 is 9.90 Å². The number of amides is 1. The molecule has 0 radical (unpaired) electrons. The van der Waals surface area contributed by atoms with Crippen LogP contribution in [0.2, 0.25) is 0 Å². The SMILES string of the molecule is Cc1ccc(C)c(CC(=O)NC(CCO)C(C)C)c1. The first-order chi connectivity index (χ1) is 8.93. The molecule has 1 rings (SSSR count). The Labute approximate surface area is 116 Å². The van der Waals surface area contributed by atoms with Gasteiger partial charge in [0, 0.05) is 12.6 Å². The molecule has 1 unspecified atom stereocenters. The van der Waals surface area contributed by atoms with Crippen LogP contribution in [-0.4, -0.2) is 23.7 Å². The van der Waals surface area contributed by atoms with Crippen molar-refractivity contribution in [1.82, 2.24) is 5.32 Å². The van der Waals surface area contributed by atoms with E-state index >= 15 is 0 Å². The summed E-state index contributed by atoms with van der Waals surface area (Å²) in [5.41, 5.74) is 3.39. The molecule has 0 aromatic heterocycles. The van der Waals surface area contributed by atoms with Crippen LogP contribution in [0.4, 0.5) is 0 Å². The molecule has 0 bridgehead atoms. The molecule has 0 aliphatic rings. The van der Waals surface area contributed by atoms with Crippen molar-refractivity contribution in [1.29, 1.82) is 0 Å². The van der Waals surface area contributed by atoms with Gasteiger partial charge in [0.05, 0.1) is 6.42 Å².